The summed E-state index contributed by atoms with van der Waals surface area (Å²) >= 11 is 0. The molecule has 1 aliphatic heterocycles. The Hall–Kier alpha value is -2.74. The molecule has 0 unspecified atom stereocenters. The van der Waals surface area contributed by atoms with Crippen molar-refractivity contribution in [1.29, 1.82) is 0 Å². The molecule has 8 heteroatoms. The van der Waals surface area contributed by atoms with E-state index in [1.165, 1.54) is 13.0 Å². The SMILES string of the molecule is C=C(C)C(=O)O[C@@H]1[C@@H](OC(C)=O)[C@H]2C(=C)C(=O)O[C@@H]2C[C@@H](C)/C=C\C(=O)[C@]1(C)O. The number of aliphatic hydroxyl groups is 1. The molecule has 0 aromatic heterocycles. The number of esters is 3. The third-order valence-corrected chi connectivity index (χ3v) is 5.09. The van der Waals surface area contributed by atoms with E-state index in [1.54, 1.807) is 6.08 Å². The fourth-order valence-electron chi connectivity index (χ4n) is 3.49. The van der Waals surface area contributed by atoms with Crippen molar-refractivity contribution in [1.82, 2.24) is 0 Å². The molecule has 1 fully saturated rings. The molecule has 2 rings (SSSR count). The zero-order chi connectivity index (χ0) is 22.1. The molecule has 8 nitrogen and oxygen atoms in total. The minimum absolute atomic E-state index is 0.0117. The summed E-state index contributed by atoms with van der Waals surface area (Å²) in [6, 6.07) is 0. The van der Waals surface area contributed by atoms with Gasteiger partial charge in [-0.2, -0.15) is 0 Å². The average molecular weight is 406 g/mol. The summed E-state index contributed by atoms with van der Waals surface area (Å²) in [6.45, 7) is 12.7. The zero-order valence-electron chi connectivity index (χ0n) is 17.0. The van der Waals surface area contributed by atoms with Crippen molar-refractivity contribution >= 4 is 23.7 Å². The fourth-order valence-corrected chi connectivity index (χ4v) is 3.49. The lowest BCUT2D eigenvalue weighted by atomic mass is 9.77. The van der Waals surface area contributed by atoms with Crippen LogP contribution in [0.15, 0.2) is 36.5 Å². The molecule has 158 valence electrons. The van der Waals surface area contributed by atoms with Crippen molar-refractivity contribution in [3.63, 3.8) is 0 Å². The molecule has 0 saturated carbocycles. The quantitative estimate of drug-likeness (QED) is 0.425. The Morgan fingerprint density at radius 1 is 1.28 bits per heavy atom. The Morgan fingerprint density at radius 2 is 1.90 bits per heavy atom. The molecule has 1 aliphatic carbocycles. The molecule has 0 aromatic rings. The number of ether oxygens (including phenoxy) is 3. The normalized spacial score (nSPS) is 35.9. The largest absolute Gasteiger partial charge is 0.458 e. The minimum Gasteiger partial charge on any atom is -0.458 e. The number of carbonyl (C=O) groups is 4. The smallest absolute Gasteiger partial charge is 0.334 e. The van der Waals surface area contributed by atoms with Crippen LogP contribution < -0.4 is 0 Å². The fraction of sp³-hybridized carbons (Fsp3) is 0.524. The summed E-state index contributed by atoms with van der Waals surface area (Å²) in [5, 5.41) is 11.0. The Morgan fingerprint density at radius 3 is 2.45 bits per heavy atom. The van der Waals surface area contributed by atoms with Crippen LogP contribution in [0.4, 0.5) is 0 Å². The Kier molecular flexibility index (Phi) is 6.47. The molecular weight excluding hydrogens is 380 g/mol. The third kappa shape index (κ3) is 4.64. The Labute approximate surface area is 169 Å². The first-order valence-corrected chi connectivity index (χ1v) is 9.24. The number of hydrogen-bond acceptors (Lipinski definition) is 8. The van der Waals surface area contributed by atoms with Crippen molar-refractivity contribution in [2.45, 2.75) is 58.0 Å². The lowest BCUT2D eigenvalue weighted by Crippen LogP contribution is -2.58. The second kappa shape index (κ2) is 8.32. The highest BCUT2D eigenvalue weighted by atomic mass is 16.6. The second-order valence-electron chi connectivity index (χ2n) is 7.76. The van der Waals surface area contributed by atoms with Gasteiger partial charge in [-0.1, -0.05) is 26.2 Å². The van der Waals surface area contributed by atoms with Gasteiger partial charge in [0.15, 0.2) is 23.6 Å². The van der Waals surface area contributed by atoms with E-state index in [1.807, 2.05) is 6.92 Å². The highest BCUT2D eigenvalue weighted by molar-refractivity contribution is 5.98. The van der Waals surface area contributed by atoms with Gasteiger partial charge >= 0.3 is 17.9 Å². The molecule has 0 spiro atoms. The van der Waals surface area contributed by atoms with Crippen LogP contribution in [0.3, 0.4) is 0 Å². The number of carbonyl (C=O) groups excluding carboxylic acids is 4. The average Bonchev–Trinajstić information content (AvgIpc) is 2.88. The number of rotatable bonds is 3. The van der Waals surface area contributed by atoms with Crippen LogP contribution in [0.25, 0.3) is 0 Å². The first kappa shape index (κ1) is 22.5. The summed E-state index contributed by atoms with van der Waals surface area (Å²) < 4.78 is 16.2. The molecule has 6 atom stereocenters. The molecule has 1 saturated heterocycles. The number of fused-ring (bicyclic) bond motifs is 1. The molecular formula is C21H26O8. The summed E-state index contributed by atoms with van der Waals surface area (Å²) in [5.74, 6) is -4.15. The lowest BCUT2D eigenvalue weighted by Gasteiger charge is -2.39. The predicted octanol–water partition coefficient (Wildman–Crippen LogP) is 1.42. The van der Waals surface area contributed by atoms with Crippen LogP contribution >= 0.6 is 0 Å². The first-order valence-electron chi connectivity index (χ1n) is 9.24. The van der Waals surface area contributed by atoms with Gasteiger partial charge in [-0.05, 0) is 32.3 Å². The number of allylic oxidation sites excluding steroid dienone is 1. The molecule has 2 aliphatic rings. The minimum atomic E-state index is -2.25. The molecule has 0 bridgehead atoms. The van der Waals surface area contributed by atoms with Gasteiger partial charge in [0.25, 0.3) is 0 Å². The van der Waals surface area contributed by atoms with Crippen molar-refractivity contribution in [3.8, 4) is 0 Å². The maximum absolute atomic E-state index is 12.7. The number of hydrogen-bond donors (Lipinski definition) is 1. The van der Waals surface area contributed by atoms with E-state index in [9.17, 15) is 24.3 Å². The van der Waals surface area contributed by atoms with Crippen LogP contribution in [0, 0.1) is 11.8 Å². The van der Waals surface area contributed by atoms with E-state index in [0.717, 1.165) is 13.8 Å². The van der Waals surface area contributed by atoms with Gasteiger partial charge in [-0.15, -0.1) is 0 Å². The van der Waals surface area contributed by atoms with Crippen LogP contribution in [0.1, 0.15) is 34.1 Å². The van der Waals surface area contributed by atoms with Crippen LogP contribution in [-0.4, -0.2) is 52.7 Å². The van der Waals surface area contributed by atoms with Gasteiger partial charge in [0.2, 0.25) is 0 Å². The van der Waals surface area contributed by atoms with E-state index in [0.29, 0.717) is 6.42 Å². The maximum atomic E-state index is 12.7. The van der Waals surface area contributed by atoms with Crippen molar-refractivity contribution < 1.29 is 38.5 Å². The van der Waals surface area contributed by atoms with Gasteiger partial charge < -0.3 is 19.3 Å². The highest BCUT2D eigenvalue weighted by Gasteiger charge is 2.55. The van der Waals surface area contributed by atoms with Gasteiger partial charge in [0.05, 0.1) is 5.92 Å². The summed E-state index contributed by atoms with van der Waals surface area (Å²) in [4.78, 5) is 49.0. The van der Waals surface area contributed by atoms with Crippen LogP contribution in [-0.2, 0) is 33.4 Å². The van der Waals surface area contributed by atoms with Gasteiger partial charge in [0.1, 0.15) is 6.10 Å². The topological polar surface area (TPSA) is 116 Å². The first-order chi connectivity index (χ1) is 13.4. The molecule has 1 N–H and O–H groups in total. The van der Waals surface area contributed by atoms with E-state index >= 15 is 0 Å². The summed E-state index contributed by atoms with van der Waals surface area (Å²) in [7, 11) is 0. The van der Waals surface area contributed by atoms with E-state index in [2.05, 4.69) is 13.2 Å². The summed E-state index contributed by atoms with van der Waals surface area (Å²) in [5.41, 5.74) is -2.22. The lowest BCUT2D eigenvalue weighted by molar-refractivity contribution is -0.194. The maximum Gasteiger partial charge on any atom is 0.334 e. The van der Waals surface area contributed by atoms with Crippen LogP contribution in [0.2, 0.25) is 0 Å². The van der Waals surface area contributed by atoms with Crippen molar-refractivity contribution in [2.24, 2.45) is 11.8 Å². The van der Waals surface area contributed by atoms with E-state index < -0.39 is 53.5 Å². The van der Waals surface area contributed by atoms with Gasteiger partial charge in [-0.3, -0.25) is 9.59 Å². The molecule has 29 heavy (non-hydrogen) atoms. The Bertz CT molecular complexity index is 791. The molecule has 1 heterocycles. The molecule has 0 aromatic carbocycles. The van der Waals surface area contributed by atoms with Gasteiger partial charge in [-0.25, -0.2) is 9.59 Å². The summed E-state index contributed by atoms with van der Waals surface area (Å²) in [6.07, 6.45) is -0.665. The molecule has 0 amide bonds. The van der Waals surface area contributed by atoms with Crippen molar-refractivity contribution in [2.75, 3.05) is 0 Å². The zero-order valence-corrected chi connectivity index (χ0v) is 17.0. The van der Waals surface area contributed by atoms with Crippen molar-refractivity contribution in [3.05, 3.63) is 36.5 Å². The van der Waals surface area contributed by atoms with Crippen LogP contribution in [0.5, 0.6) is 0 Å². The Balaban J connectivity index is 2.67. The monoisotopic (exact) mass is 406 g/mol. The van der Waals surface area contributed by atoms with E-state index in [4.69, 9.17) is 14.2 Å². The predicted molar refractivity (Wildman–Crippen MR) is 101 cm³/mol. The second-order valence-corrected chi connectivity index (χ2v) is 7.76. The van der Waals surface area contributed by atoms with Gasteiger partial charge in [0, 0.05) is 18.1 Å². The molecule has 0 radical (unpaired) electrons. The van der Waals surface area contributed by atoms with E-state index in [-0.39, 0.29) is 17.1 Å². The standard InChI is InChI=1S/C21H26O8/c1-10(2)19(24)29-18-17(27-13(5)22)16-12(4)20(25)28-14(16)9-11(3)7-8-15(23)21(18,6)26/h7-8,11,14,16-18,26H,1,4,9H2,2-3,5-6H3/b8-7-/t11-,14+,16-,17-,18+,21-/m0/s1. The third-order valence-electron chi connectivity index (χ3n) is 5.09. The number of ketones is 1. The highest BCUT2D eigenvalue weighted by Crippen LogP contribution is 2.40.